The van der Waals surface area contributed by atoms with Gasteiger partial charge in [-0.25, -0.2) is 30.7 Å². The second-order valence-corrected chi connectivity index (χ2v) is 9.96. The van der Waals surface area contributed by atoms with Gasteiger partial charge in [0.05, 0.1) is 0 Å². The second kappa shape index (κ2) is 12.6. The number of hydrogen-bond donors (Lipinski definition) is 0. The normalized spacial score (nSPS) is 11.8. The minimum atomic E-state index is -4.80. The van der Waals surface area contributed by atoms with Gasteiger partial charge in [0.1, 0.15) is 34.6 Å². The van der Waals surface area contributed by atoms with Gasteiger partial charge < -0.3 is 4.74 Å². The van der Waals surface area contributed by atoms with E-state index in [0.29, 0.717) is 17.7 Å². The minimum Gasteiger partial charge on any atom is -0.429 e. The molecule has 0 spiro atoms. The van der Waals surface area contributed by atoms with Crippen molar-refractivity contribution in [2.45, 2.75) is 19.5 Å². The summed E-state index contributed by atoms with van der Waals surface area (Å²) in [6.07, 6.45) is 0.0627. The number of hydrogen-bond acceptors (Lipinski definition) is 1. The molecule has 0 bridgehead atoms. The third kappa shape index (κ3) is 6.60. The maximum atomic E-state index is 15.2. The summed E-state index contributed by atoms with van der Waals surface area (Å²) in [6.45, 7) is 2.02. The highest BCUT2D eigenvalue weighted by atomic mass is 19.3. The summed E-state index contributed by atoms with van der Waals surface area (Å²) in [6, 6.07) is 16.2. The molecule has 230 valence electrons. The molecule has 0 radical (unpaired) electrons. The van der Waals surface area contributed by atoms with Gasteiger partial charge in [-0.1, -0.05) is 67.6 Å². The first kappa shape index (κ1) is 31.4. The minimum absolute atomic E-state index is 0.0462. The summed E-state index contributed by atoms with van der Waals surface area (Å²) >= 11 is 0. The highest BCUT2D eigenvalue weighted by molar-refractivity contribution is 5.75. The number of benzene rings is 5. The van der Waals surface area contributed by atoms with Crippen LogP contribution in [0.4, 0.5) is 39.5 Å². The Labute approximate surface area is 251 Å². The van der Waals surface area contributed by atoms with Crippen LogP contribution < -0.4 is 4.74 Å². The fourth-order valence-electron chi connectivity index (χ4n) is 4.68. The SMILES string of the molecule is CC/C=C/c1ccc(-c2ccc(-c3ccc(-c4cc(F)c(C(F)(F)Oc5cc(F)c(F)c(F)c5)c(F)c4)c(F)c3)c(F)c2)cc1. The van der Waals surface area contributed by atoms with Gasteiger partial charge in [-0.3, -0.25) is 0 Å². The van der Waals surface area contributed by atoms with Gasteiger partial charge in [-0.2, -0.15) is 8.78 Å². The molecule has 0 aliphatic carbocycles. The molecule has 0 heterocycles. The summed E-state index contributed by atoms with van der Waals surface area (Å²) in [4.78, 5) is 0. The van der Waals surface area contributed by atoms with Crippen molar-refractivity contribution in [3.8, 4) is 39.1 Å². The molecule has 0 atom stereocenters. The molecule has 0 N–H and O–H groups in total. The van der Waals surface area contributed by atoms with Crippen molar-refractivity contribution < 1.29 is 44.3 Å². The van der Waals surface area contributed by atoms with Crippen LogP contribution in [0, 0.1) is 40.7 Å². The molecule has 0 aromatic heterocycles. The summed E-state index contributed by atoms with van der Waals surface area (Å²) in [5, 5.41) is 0. The van der Waals surface area contributed by atoms with E-state index in [1.807, 2.05) is 43.3 Å². The topological polar surface area (TPSA) is 9.23 Å². The number of alkyl halides is 2. The van der Waals surface area contributed by atoms with Crippen LogP contribution in [0.2, 0.25) is 0 Å². The highest BCUT2D eigenvalue weighted by Gasteiger charge is 2.41. The molecule has 5 aromatic carbocycles. The Balaban J connectivity index is 1.40. The molecule has 5 rings (SSSR count). The summed E-state index contributed by atoms with van der Waals surface area (Å²) in [5.74, 6) is -12.3. The number of allylic oxidation sites excluding steroid dienone is 1. The largest absolute Gasteiger partial charge is 0.432 e. The first-order valence-electron chi connectivity index (χ1n) is 13.5. The van der Waals surface area contributed by atoms with E-state index in [2.05, 4.69) is 4.74 Å². The monoisotopic (exact) mass is 628 g/mol. The predicted molar refractivity (Wildman–Crippen MR) is 153 cm³/mol. The highest BCUT2D eigenvalue weighted by Crippen LogP contribution is 2.39. The standard InChI is InChI=1S/C35H21F9O/c1-2-3-4-19-5-7-20(8-6-19)21-9-11-25(27(36)13-21)22-10-12-26(28(37)14-22)23-15-29(38)33(30(39)16-23)35(43,44)45-24-17-31(40)34(42)32(41)18-24/h3-18H,2H2,1H3/b4-3+. The Morgan fingerprint density at radius 1 is 0.556 bits per heavy atom. The van der Waals surface area contributed by atoms with E-state index in [4.69, 9.17) is 0 Å². The van der Waals surface area contributed by atoms with Gasteiger partial charge >= 0.3 is 6.11 Å². The first-order valence-corrected chi connectivity index (χ1v) is 13.5. The molecule has 10 heteroatoms. The van der Waals surface area contributed by atoms with Crippen LogP contribution in [0.5, 0.6) is 5.75 Å². The summed E-state index contributed by atoms with van der Waals surface area (Å²) < 4.78 is 133. The number of halogens is 9. The van der Waals surface area contributed by atoms with Crippen molar-refractivity contribution in [1.82, 2.24) is 0 Å². The van der Waals surface area contributed by atoms with Gasteiger partial charge in [0.15, 0.2) is 17.5 Å². The quantitative estimate of drug-likeness (QED) is 0.123. The van der Waals surface area contributed by atoms with Crippen molar-refractivity contribution >= 4 is 6.08 Å². The summed E-state index contributed by atoms with van der Waals surface area (Å²) in [5.41, 5.74) is -0.297. The lowest BCUT2D eigenvalue weighted by Gasteiger charge is -2.20. The molecule has 0 amide bonds. The molecule has 0 aliphatic rings. The van der Waals surface area contributed by atoms with Crippen molar-refractivity contribution in [2.75, 3.05) is 0 Å². The third-order valence-corrected chi connectivity index (χ3v) is 6.89. The zero-order chi connectivity index (χ0) is 32.5. The molecule has 1 nitrogen and oxygen atoms in total. The van der Waals surface area contributed by atoms with E-state index in [-0.39, 0.29) is 28.8 Å². The van der Waals surface area contributed by atoms with Crippen LogP contribution >= 0.6 is 0 Å². The Morgan fingerprint density at radius 2 is 1.04 bits per heavy atom. The predicted octanol–water partition coefficient (Wildman–Crippen LogP) is 11.2. The summed E-state index contributed by atoms with van der Waals surface area (Å²) in [7, 11) is 0. The Kier molecular flexibility index (Phi) is 8.77. The van der Waals surface area contributed by atoms with Gasteiger partial charge in [-0.15, -0.1) is 0 Å². The van der Waals surface area contributed by atoms with Crippen LogP contribution in [0.15, 0.2) is 91.0 Å². The third-order valence-electron chi connectivity index (χ3n) is 6.89. The van der Waals surface area contributed by atoms with E-state index in [1.54, 1.807) is 6.07 Å². The van der Waals surface area contributed by atoms with Crippen molar-refractivity contribution in [1.29, 1.82) is 0 Å². The molecular formula is C35H21F9O. The Bertz CT molecular complexity index is 1870. The molecule has 0 aliphatic heterocycles. The fourth-order valence-corrected chi connectivity index (χ4v) is 4.68. The van der Waals surface area contributed by atoms with Crippen molar-refractivity contribution in [3.63, 3.8) is 0 Å². The van der Waals surface area contributed by atoms with Crippen LogP contribution in [0.3, 0.4) is 0 Å². The van der Waals surface area contributed by atoms with Crippen LogP contribution in [-0.2, 0) is 6.11 Å². The average molecular weight is 629 g/mol. The molecular weight excluding hydrogens is 607 g/mol. The van der Waals surface area contributed by atoms with Gasteiger partial charge in [0.2, 0.25) is 0 Å². The molecule has 45 heavy (non-hydrogen) atoms. The van der Waals surface area contributed by atoms with Gasteiger partial charge in [0, 0.05) is 23.3 Å². The van der Waals surface area contributed by atoms with E-state index < -0.39 is 63.7 Å². The first-order chi connectivity index (χ1) is 21.4. The van der Waals surface area contributed by atoms with Crippen LogP contribution in [0.1, 0.15) is 24.5 Å². The molecule has 0 saturated carbocycles. The van der Waals surface area contributed by atoms with E-state index in [0.717, 1.165) is 29.7 Å². The smallest absolute Gasteiger partial charge is 0.429 e. The van der Waals surface area contributed by atoms with Gasteiger partial charge in [0.25, 0.3) is 0 Å². The Hall–Kier alpha value is -4.99. The number of ether oxygens (including phenoxy) is 1. The maximum absolute atomic E-state index is 15.2. The van der Waals surface area contributed by atoms with E-state index in [9.17, 15) is 30.7 Å². The fraction of sp³-hybridized carbons (Fsp3) is 0.0857. The molecule has 0 saturated heterocycles. The van der Waals surface area contributed by atoms with E-state index >= 15 is 8.78 Å². The lowest BCUT2D eigenvalue weighted by molar-refractivity contribution is -0.189. The Morgan fingerprint density at radius 3 is 1.60 bits per heavy atom. The van der Waals surface area contributed by atoms with E-state index in [1.165, 1.54) is 18.2 Å². The molecule has 0 fully saturated rings. The maximum Gasteiger partial charge on any atom is 0.432 e. The zero-order valence-electron chi connectivity index (χ0n) is 23.3. The average Bonchev–Trinajstić information content (AvgIpc) is 2.98. The lowest BCUT2D eigenvalue weighted by Crippen LogP contribution is -2.25. The molecule has 0 unspecified atom stereocenters. The molecule has 5 aromatic rings. The van der Waals surface area contributed by atoms with Crippen LogP contribution in [0.25, 0.3) is 39.5 Å². The van der Waals surface area contributed by atoms with Crippen molar-refractivity contribution in [3.05, 3.63) is 143 Å². The van der Waals surface area contributed by atoms with Crippen LogP contribution in [-0.4, -0.2) is 0 Å². The van der Waals surface area contributed by atoms with Gasteiger partial charge in [-0.05, 0) is 58.5 Å². The zero-order valence-corrected chi connectivity index (χ0v) is 23.3. The lowest BCUT2D eigenvalue weighted by atomic mass is 9.96. The van der Waals surface area contributed by atoms with Crippen molar-refractivity contribution in [2.24, 2.45) is 0 Å². The number of rotatable bonds is 8. The second-order valence-electron chi connectivity index (χ2n) is 9.96.